The molecule has 1 aromatic carbocycles. The SMILES string of the molecule is N#CCc1ccccc1CN=C=S. The van der Waals surface area contributed by atoms with Crippen LogP contribution >= 0.6 is 12.2 Å². The molecule has 0 fully saturated rings. The van der Waals surface area contributed by atoms with Crippen LogP contribution in [0, 0.1) is 11.3 Å². The topological polar surface area (TPSA) is 36.1 Å². The number of hydrogen-bond donors (Lipinski definition) is 0. The average Bonchev–Trinajstić information content (AvgIpc) is 2.17. The quantitative estimate of drug-likeness (QED) is 0.539. The summed E-state index contributed by atoms with van der Waals surface area (Å²) in [5.74, 6) is 0. The van der Waals surface area contributed by atoms with Gasteiger partial charge in [0.2, 0.25) is 0 Å². The molecular formula is C10H8N2S. The second-order valence-corrected chi connectivity index (χ2v) is 2.69. The lowest BCUT2D eigenvalue weighted by atomic mass is 10.1. The van der Waals surface area contributed by atoms with Gasteiger partial charge in [-0.15, -0.1) is 0 Å². The second kappa shape index (κ2) is 5.21. The van der Waals surface area contributed by atoms with Crippen molar-refractivity contribution in [1.82, 2.24) is 0 Å². The van der Waals surface area contributed by atoms with Gasteiger partial charge in [0.05, 0.1) is 24.2 Å². The van der Waals surface area contributed by atoms with Crippen molar-refractivity contribution in [1.29, 1.82) is 5.26 Å². The van der Waals surface area contributed by atoms with E-state index in [9.17, 15) is 0 Å². The summed E-state index contributed by atoms with van der Waals surface area (Å²) in [6.07, 6.45) is 0.420. The van der Waals surface area contributed by atoms with Crippen molar-refractivity contribution < 1.29 is 0 Å². The number of thiocarbonyl (C=S) groups is 1. The van der Waals surface area contributed by atoms with Gasteiger partial charge in [-0.25, -0.2) is 4.99 Å². The Hall–Kier alpha value is -1.49. The lowest BCUT2D eigenvalue weighted by Crippen LogP contribution is -1.90. The van der Waals surface area contributed by atoms with Crippen LogP contribution in [-0.2, 0) is 13.0 Å². The fourth-order valence-corrected chi connectivity index (χ4v) is 1.15. The zero-order valence-corrected chi connectivity index (χ0v) is 7.84. The van der Waals surface area contributed by atoms with Crippen molar-refractivity contribution in [3.05, 3.63) is 35.4 Å². The molecule has 0 heterocycles. The Morgan fingerprint density at radius 1 is 1.31 bits per heavy atom. The standard InChI is InChI=1S/C10H8N2S/c11-6-5-9-3-1-2-4-10(9)7-12-8-13/h1-4H,5,7H2. The summed E-state index contributed by atoms with van der Waals surface area (Å²) in [5, 5.41) is 10.9. The van der Waals surface area contributed by atoms with Gasteiger partial charge in [0, 0.05) is 0 Å². The molecule has 0 aliphatic heterocycles. The molecule has 0 N–H and O–H groups in total. The summed E-state index contributed by atoms with van der Waals surface area (Å²) in [7, 11) is 0. The Bertz CT molecular complexity index is 373. The molecule has 0 aliphatic carbocycles. The van der Waals surface area contributed by atoms with E-state index < -0.39 is 0 Å². The van der Waals surface area contributed by atoms with E-state index in [4.69, 9.17) is 5.26 Å². The molecule has 1 aromatic rings. The maximum Gasteiger partial charge on any atom is 0.0746 e. The Kier molecular flexibility index (Phi) is 3.84. The third-order valence-electron chi connectivity index (χ3n) is 1.70. The van der Waals surface area contributed by atoms with E-state index in [-0.39, 0.29) is 0 Å². The van der Waals surface area contributed by atoms with Crippen molar-refractivity contribution in [3.63, 3.8) is 0 Å². The van der Waals surface area contributed by atoms with E-state index in [1.54, 1.807) is 0 Å². The van der Waals surface area contributed by atoms with Gasteiger partial charge in [0.15, 0.2) is 0 Å². The van der Waals surface area contributed by atoms with Gasteiger partial charge in [-0.05, 0) is 23.3 Å². The highest BCUT2D eigenvalue weighted by Gasteiger charge is 1.98. The number of aliphatic imine (C=N–C) groups is 1. The lowest BCUT2D eigenvalue weighted by molar-refractivity contribution is 1.04. The van der Waals surface area contributed by atoms with Crippen molar-refractivity contribution in [2.75, 3.05) is 0 Å². The van der Waals surface area contributed by atoms with Gasteiger partial charge >= 0.3 is 0 Å². The molecule has 0 atom stereocenters. The molecule has 0 saturated carbocycles. The Morgan fingerprint density at radius 3 is 2.62 bits per heavy atom. The molecule has 0 aliphatic rings. The first kappa shape index (κ1) is 9.60. The van der Waals surface area contributed by atoms with Crippen molar-refractivity contribution in [2.24, 2.45) is 4.99 Å². The van der Waals surface area contributed by atoms with Crippen LogP contribution in [0.1, 0.15) is 11.1 Å². The molecule has 0 amide bonds. The monoisotopic (exact) mass is 188 g/mol. The molecule has 0 aromatic heterocycles. The molecule has 1 rings (SSSR count). The van der Waals surface area contributed by atoms with Crippen LogP contribution in [0.5, 0.6) is 0 Å². The zero-order chi connectivity index (χ0) is 9.52. The van der Waals surface area contributed by atoms with Crippen LogP contribution in [-0.4, -0.2) is 5.16 Å². The highest BCUT2D eigenvalue weighted by molar-refractivity contribution is 7.78. The van der Waals surface area contributed by atoms with E-state index in [0.29, 0.717) is 13.0 Å². The molecule has 3 heteroatoms. The Balaban J connectivity index is 2.91. The fraction of sp³-hybridized carbons (Fsp3) is 0.200. The Morgan fingerprint density at radius 2 is 2.00 bits per heavy atom. The van der Waals surface area contributed by atoms with Gasteiger partial charge in [0.1, 0.15) is 0 Å². The normalized spacial score (nSPS) is 8.54. The predicted octanol–water partition coefficient (Wildman–Crippen LogP) is 2.36. The molecule has 0 bridgehead atoms. The molecule has 13 heavy (non-hydrogen) atoms. The second-order valence-electron chi connectivity index (χ2n) is 2.51. The molecule has 64 valence electrons. The summed E-state index contributed by atoms with van der Waals surface area (Å²) in [5.41, 5.74) is 2.06. The van der Waals surface area contributed by atoms with Crippen molar-refractivity contribution >= 4 is 17.4 Å². The predicted molar refractivity (Wildman–Crippen MR) is 54.5 cm³/mol. The molecule has 0 radical (unpaired) electrons. The zero-order valence-electron chi connectivity index (χ0n) is 7.03. The van der Waals surface area contributed by atoms with Crippen LogP contribution in [0.3, 0.4) is 0 Å². The van der Waals surface area contributed by atoms with E-state index >= 15 is 0 Å². The number of hydrogen-bond acceptors (Lipinski definition) is 3. The summed E-state index contributed by atoms with van der Waals surface area (Å²) < 4.78 is 0. The van der Waals surface area contributed by atoms with Crippen LogP contribution in [0.2, 0.25) is 0 Å². The Labute approximate surface area is 82.5 Å². The smallest absolute Gasteiger partial charge is 0.0746 e. The molecule has 0 spiro atoms. The van der Waals surface area contributed by atoms with Gasteiger partial charge in [-0.3, -0.25) is 0 Å². The number of rotatable bonds is 3. The van der Waals surface area contributed by atoms with Crippen molar-refractivity contribution in [2.45, 2.75) is 13.0 Å². The highest BCUT2D eigenvalue weighted by atomic mass is 32.1. The average molecular weight is 188 g/mol. The third-order valence-corrected chi connectivity index (χ3v) is 1.83. The van der Waals surface area contributed by atoms with E-state index in [2.05, 4.69) is 28.4 Å². The summed E-state index contributed by atoms with van der Waals surface area (Å²) in [6, 6.07) is 9.83. The highest BCUT2D eigenvalue weighted by Crippen LogP contribution is 2.09. The van der Waals surface area contributed by atoms with Gasteiger partial charge in [-0.2, -0.15) is 5.26 Å². The van der Waals surface area contributed by atoms with Crippen LogP contribution in [0.15, 0.2) is 29.3 Å². The van der Waals surface area contributed by atoms with E-state index in [1.165, 1.54) is 0 Å². The molecule has 0 saturated heterocycles. The first-order chi connectivity index (χ1) is 6.38. The first-order valence-corrected chi connectivity index (χ1v) is 4.26. The third kappa shape index (κ3) is 2.79. The lowest BCUT2D eigenvalue weighted by Gasteiger charge is -2.01. The minimum atomic E-state index is 0.420. The largest absolute Gasteiger partial charge is 0.228 e. The maximum atomic E-state index is 8.55. The maximum absolute atomic E-state index is 8.55. The summed E-state index contributed by atoms with van der Waals surface area (Å²) in [6.45, 7) is 0.515. The van der Waals surface area contributed by atoms with Gasteiger partial charge in [0.25, 0.3) is 0 Å². The van der Waals surface area contributed by atoms with Gasteiger partial charge < -0.3 is 0 Å². The van der Waals surface area contributed by atoms with E-state index in [0.717, 1.165) is 11.1 Å². The van der Waals surface area contributed by atoms with Crippen LogP contribution in [0.25, 0.3) is 0 Å². The number of benzene rings is 1. The van der Waals surface area contributed by atoms with Crippen LogP contribution < -0.4 is 0 Å². The van der Waals surface area contributed by atoms with Crippen LogP contribution in [0.4, 0.5) is 0 Å². The van der Waals surface area contributed by atoms with Crippen molar-refractivity contribution in [3.8, 4) is 6.07 Å². The molecular weight excluding hydrogens is 180 g/mol. The fourth-order valence-electron chi connectivity index (χ4n) is 1.09. The molecule has 0 unspecified atom stereocenters. The minimum absolute atomic E-state index is 0.420. The summed E-state index contributed by atoms with van der Waals surface area (Å²) >= 11 is 4.48. The molecule has 2 nitrogen and oxygen atoms in total. The first-order valence-electron chi connectivity index (χ1n) is 3.86. The van der Waals surface area contributed by atoms with Gasteiger partial charge in [-0.1, -0.05) is 24.3 Å². The van der Waals surface area contributed by atoms with E-state index in [1.807, 2.05) is 24.3 Å². The number of nitrogens with zero attached hydrogens (tertiary/aromatic N) is 2. The summed E-state index contributed by atoms with van der Waals surface area (Å²) in [4.78, 5) is 3.84. The minimum Gasteiger partial charge on any atom is -0.228 e. The number of isothiocyanates is 1. The number of nitriles is 1.